The number of hydrogen-bond donors (Lipinski definition) is 3. The number of para-hydroxylation sites is 1. The number of anilines is 2. The minimum Gasteiger partial charge on any atom is -0.348 e. The first kappa shape index (κ1) is 21.0. The van der Waals surface area contributed by atoms with Crippen LogP contribution in [-0.2, 0) is 16.6 Å². The Morgan fingerprint density at radius 1 is 0.900 bits per heavy atom. The van der Waals surface area contributed by atoms with Crippen LogP contribution in [-0.4, -0.2) is 31.5 Å². The number of nitrogens with zero attached hydrogens (tertiary/aromatic N) is 1. The van der Waals surface area contributed by atoms with Crippen LogP contribution < -0.4 is 15.4 Å². The maximum absolute atomic E-state index is 12.4. The number of carbonyl (C=O) groups excluding carboxylic acids is 2. The lowest BCUT2D eigenvalue weighted by molar-refractivity contribution is 0.0950. The Balaban J connectivity index is 1.64. The molecule has 0 aliphatic carbocycles. The second-order valence-electron chi connectivity index (χ2n) is 6.49. The molecule has 0 unspecified atom stereocenters. The van der Waals surface area contributed by atoms with Crippen LogP contribution >= 0.6 is 0 Å². The number of amides is 2. The van der Waals surface area contributed by atoms with E-state index in [1.807, 2.05) is 6.07 Å². The highest BCUT2D eigenvalue weighted by Gasteiger charge is 2.11. The Labute approximate surface area is 174 Å². The summed E-state index contributed by atoms with van der Waals surface area (Å²) in [4.78, 5) is 28.7. The molecular weight excluding hydrogens is 404 g/mol. The number of nitrogens with one attached hydrogen (secondary N) is 3. The lowest BCUT2D eigenvalue weighted by Gasteiger charge is -2.12. The predicted molar refractivity (Wildman–Crippen MR) is 115 cm³/mol. The second kappa shape index (κ2) is 9.19. The van der Waals surface area contributed by atoms with Gasteiger partial charge in [-0.3, -0.25) is 19.3 Å². The average Bonchev–Trinajstić information content (AvgIpc) is 2.73. The largest absolute Gasteiger partial charge is 0.348 e. The monoisotopic (exact) mass is 424 g/mol. The highest BCUT2D eigenvalue weighted by molar-refractivity contribution is 7.92. The van der Waals surface area contributed by atoms with Gasteiger partial charge in [-0.2, -0.15) is 0 Å². The molecule has 0 bridgehead atoms. The SMILES string of the molecule is CS(=O)(=O)Nc1ccc(C(=O)NCc2ccccc2NC(=O)c2cccnc2)cc1. The fourth-order valence-corrected chi connectivity index (χ4v) is 3.23. The van der Waals surface area contributed by atoms with Crippen molar-refractivity contribution < 1.29 is 18.0 Å². The highest BCUT2D eigenvalue weighted by Crippen LogP contribution is 2.17. The van der Waals surface area contributed by atoms with Crippen LogP contribution in [0.25, 0.3) is 0 Å². The van der Waals surface area contributed by atoms with E-state index in [0.717, 1.165) is 11.8 Å². The molecule has 0 saturated heterocycles. The first-order valence-corrected chi connectivity index (χ1v) is 10.9. The van der Waals surface area contributed by atoms with E-state index in [1.54, 1.807) is 36.5 Å². The molecule has 0 aliphatic rings. The minimum atomic E-state index is -3.38. The van der Waals surface area contributed by atoms with E-state index in [2.05, 4.69) is 20.3 Å². The molecular formula is C21H20N4O4S. The van der Waals surface area contributed by atoms with Crippen molar-refractivity contribution >= 4 is 33.2 Å². The Morgan fingerprint density at radius 2 is 1.63 bits per heavy atom. The number of aromatic nitrogens is 1. The van der Waals surface area contributed by atoms with Gasteiger partial charge in [0.1, 0.15) is 0 Å². The maximum atomic E-state index is 12.4. The fraction of sp³-hybridized carbons (Fsp3) is 0.0952. The number of rotatable bonds is 7. The van der Waals surface area contributed by atoms with Gasteiger partial charge < -0.3 is 10.6 Å². The first-order chi connectivity index (χ1) is 14.3. The van der Waals surface area contributed by atoms with E-state index >= 15 is 0 Å². The zero-order valence-corrected chi connectivity index (χ0v) is 16.9. The summed E-state index contributed by atoms with van der Waals surface area (Å²) in [5, 5.41) is 5.62. The quantitative estimate of drug-likeness (QED) is 0.539. The van der Waals surface area contributed by atoms with Gasteiger partial charge in [-0.05, 0) is 48.0 Å². The molecule has 2 amide bonds. The third-order valence-corrected chi connectivity index (χ3v) is 4.69. The third-order valence-electron chi connectivity index (χ3n) is 4.08. The lowest BCUT2D eigenvalue weighted by atomic mass is 10.1. The zero-order valence-electron chi connectivity index (χ0n) is 16.1. The topological polar surface area (TPSA) is 117 Å². The predicted octanol–water partition coefficient (Wildman–Crippen LogP) is 2.64. The van der Waals surface area contributed by atoms with Crippen LogP contribution in [0.1, 0.15) is 26.3 Å². The standard InChI is InChI=1S/C21H20N4O4S/c1-30(28,29)25-18-10-8-15(9-11-18)20(26)23-14-16-5-2-3-7-19(16)24-21(27)17-6-4-12-22-13-17/h2-13,25H,14H2,1H3,(H,23,26)(H,24,27). The Bertz CT molecular complexity index is 1150. The van der Waals surface area contributed by atoms with Crippen molar-refractivity contribution in [2.24, 2.45) is 0 Å². The van der Waals surface area contributed by atoms with Crippen LogP contribution in [0.3, 0.4) is 0 Å². The Morgan fingerprint density at radius 3 is 2.30 bits per heavy atom. The summed E-state index contributed by atoms with van der Waals surface area (Å²) in [6.07, 6.45) is 4.12. The number of benzene rings is 2. The third kappa shape index (κ3) is 5.89. The van der Waals surface area contributed by atoms with Crippen molar-refractivity contribution in [3.63, 3.8) is 0 Å². The van der Waals surface area contributed by atoms with Crippen LogP contribution in [0.15, 0.2) is 73.1 Å². The summed E-state index contributed by atoms with van der Waals surface area (Å²) >= 11 is 0. The first-order valence-electron chi connectivity index (χ1n) is 8.97. The molecule has 0 fully saturated rings. The Kier molecular flexibility index (Phi) is 6.43. The molecule has 3 aromatic rings. The molecule has 3 rings (SSSR count). The number of pyridine rings is 1. The van der Waals surface area contributed by atoms with Gasteiger partial charge in [0.2, 0.25) is 10.0 Å². The highest BCUT2D eigenvalue weighted by atomic mass is 32.2. The normalized spacial score (nSPS) is 10.8. The molecule has 0 spiro atoms. The van der Waals surface area contributed by atoms with Crippen LogP contribution in [0.2, 0.25) is 0 Å². The maximum Gasteiger partial charge on any atom is 0.257 e. The summed E-state index contributed by atoms with van der Waals surface area (Å²) in [6, 6.07) is 16.6. The average molecular weight is 424 g/mol. The summed E-state index contributed by atoms with van der Waals surface area (Å²) in [5.41, 5.74) is 2.50. The molecule has 2 aromatic carbocycles. The van der Waals surface area contributed by atoms with E-state index in [-0.39, 0.29) is 18.4 Å². The van der Waals surface area contributed by atoms with Gasteiger partial charge in [-0.1, -0.05) is 18.2 Å². The minimum absolute atomic E-state index is 0.200. The van der Waals surface area contributed by atoms with Gasteiger partial charge in [0, 0.05) is 35.9 Å². The van der Waals surface area contributed by atoms with Gasteiger partial charge >= 0.3 is 0 Å². The van der Waals surface area contributed by atoms with Gasteiger partial charge in [0.15, 0.2) is 0 Å². The molecule has 9 heteroatoms. The molecule has 0 saturated carbocycles. The van der Waals surface area contributed by atoms with Crippen molar-refractivity contribution in [1.82, 2.24) is 10.3 Å². The number of sulfonamides is 1. The molecule has 154 valence electrons. The fourth-order valence-electron chi connectivity index (χ4n) is 2.67. The molecule has 0 atom stereocenters. The summed E-state index contributed by atoms with van der Waals surface area (Å²) in [6.45, 7) is 0.200. The van der Waals surface area contributed by atoms with Gasteiger partial charge in [-0.15, -0.1) is 0 Å². The lowest BCUT2D eigenvalue weighted by Crippen LogP contribution is -2.24. The van der Waals surface area contributed by atoms with E-state index in [0.29, 0.717) is 22.5 Å². The summed E-state index contributed by atoms with van der Waals surface area (Å²) in [5.74, 6) is -0.620. The van der Waals surface area contributed by atoms with E-state index in [9.17, 15) is 18.0 Å². The molecule has 30 heavy (non-hydrogen) atoms. The van der Waals surface area contributed by atoms with Gasteiger partial charge in [0.05, 0.1) is 11.8 Å². The molecule has 1 heterocycles. The van der Waals surface area contributed by atoms with Crippen molar-refractivity contribution in [1.29, 1.82) is 0 Å². The smallest absolute Gasteiger partial charge is 0.257 e. The molecule has 0 aliphatic heterocycles. The second-order valence-corrected chi connectivity index (χ2v) is 8.24. The van der Waals surface area contributed by atoms with Crippen LogP contribution in [0.4, 0.5) is 11.4 Å². The summed E-state index contributed by atoms with van der Waals surface area (Å²) in [7, 11) is -3.38. The molecule has 1 aromatic heterocycles. The number of carbonyl (C=O) groups is 2. The van der Waals surface area contributed by atoms with E-state index < -0.39 is 10.0 Å². The molecule has 8 nitrogen and oxygen atoms in total. The van der Waals surface area contributed by atoms with Gasteiger partial charge in [-0.25, -0.2) is 8.42 Å². The van der Waals surface area contributed by atoms with E-state index in [1.165, 1.54) is 30.5 Å². The molecule has 0 radical (unpaired) electrons. The van der Waals surface area contributed by atoms with Crippen molar-refractivity contribution in [2.45, 2.75) is 6.54 Å². The van der Waals surface area contributed by atoms with Crippen molar-refractivity contribution in [3.8, 4) is 0 Å². The number of hydrogen-bond acceptors (Lipinski definition) is 5. The van der Waals surface area contributed by atoms with Crippen LogP contribution in [0.5, 0.6) is 0 Å². The van der Waals surface area contributed by atoms with Crippen molar-refractivity contribution in [3.05, 3.63) is 89.7 Å². The molecule has 3 N–H and O–H groups in total. The zero-order chi connectivity index (χ0) is 21.6. The van der Waals surface area contributed by atoms with Crippen LogP contribution in [0, 0.1) is 0 Å². The summed E-state index contributed by atoms with van der Waals surface area (Å²) < 4.78 is 24.8. The Hall–Kier alpha value is -3.72. The van der Waals surface area contributed by atoms with E-state index in [4.69, 9.17) is 0 Å². The van der Waals surface area contributed by atoms with Gasteiger partial charge in [0.25, 0.3) is 11.8 Å². The van der Waals surface area contributed by atoms with Crippen molar-refractivity contribution in [2.75, 3.05) is 16.3 Å².